The van der Waals surface area contributed by atoms with Gasteiger partial charge in [-0.2, -0.15) is 4.31 Å². The molecule has 12 heteroatoms. The zero-order chi connectivity index (χ0) is 25.9. The number of sulfonamides is 1. The first-order valence-electron chi connectivity index (χ1n) is 11.5. The van der Waals surface area contributed by atoms with Gasteiger partial charge >= 0.3 is 0 Å². The average Bonchev–Trinajstić information content (AvgIpc) is 3.14. The molecule has 10 nitrogen and oxygen atoms in total. The van der Waals surface area contributed by atoms with Crippen LogP contribution in [-0.2, 0) is 29.1 Å². The number of hydrogen-bond acceptors (Lipinski definition) is 7. The molecular formula is C24H27ClN4O6S. The van der Waals surface area contributed by atoms with E-state index in [1.54, 1.807) is 24.3 Å². The molecule has 2 fully saturated rings. The quantitative estimate of drug-likeness (QED) is 0.514. The largest absolute Gasteiger partial charge is 0.379 e. The fourth-order valence-corrected chi connectivity index (χ4v) is 5.96. The van der Waals surface area contributed by atoms with Crippen molar-refractivity contribution >= 4 is 50.7 Å². The molecule has 1 unspecified atom stereocenters. The number of hydrogen-bond donors (Lipinski definition) is 1. The number of amides is 3. The maximum Gasteiger partial charge on any atom is 0.252 e. The molecule has 0 saturated carbocycles. The van der Waals surface area contributed by atoms with Crippen molar-refractivity contribution in [2.45, 2.75) is 24.3 Å². The van der Waals surface area contributed by atoms with E-state index in [4.69, 9.17) is 16.3 Å². The van der Waals surface area contributed by atoms with Crippen LogP contribution < -0.4 is 10.2 Å². The molecular weight excluding hydrogens is 508 g/mol. The van der Waals surface area contributed by atoms with Gasteiger partial charge in [-0.25, -0.2) is 13.3 Å². The van der Waals surface area contributed by atoms with Crippen molar-refractivity contribution in [2.75, 3.05) is 49.6 Å². The van der Waals surface area contributed by atoms with Gasteiger partial charge in [0.1, 0.15) is 6.04 Å². The number of carbonyl (C=O) groups is 3. The lowest BCUT2D eigenvalue weighted by Gasteiger charge is -2.31. The standard InChI is InChI=1S/C24H27ClN4O6S/c1-17(30)26-19-4-8-21(9-5-19)36(33,34)28(11-10-27-12-14-35-15-13-27)22-16-23(31)29(24(22)32)20-6-2-18(25)3-7-20/h2-9,22H,10-16H2,1H3,(H,26,30). The normalized spacial score (nSPS) is 19.2. The van der Waals surface area contributed by atoms with Gasteiger partial charge in [-0.15, -0.1) is 0 Å². The van der Waals surface area contributed by atoms with Gasteiger partial charge in [-0.05, 0) is 48.5 Å². The van der Waals surface area contributed by atoms with Crippen LogP contribution in [0.15, 0.2) is 53.4 Å². The van der Waals surface area contributed by atoms with Crippen molar-refractivity contribution in [1.82, 2.24) is 9.21 Å². The van der Waals surface area contributed by atoms with Crippen LogP contribution in [0, 0.1) is 0 Å². The van der Waals surface area contributed by atoms with Gasteiger partial charge in [0.05, 0.1) is 30.2 Å². The summed E-state index contributed by atoms with van der Waals surface area (Å²) in [4.78, 5) is 40.7. The highest BCUT2D eigenvalue weighted by molar-refractivity contribution is 7.89. The Hall–Kier alpha value is -2.83. The van der Waals surface area contributed by atoms with Crippen molar-refractivity contribution in [3.8, 4) is 0 Å². The topological polar surface area (TPSA) is 116 Å². The SMILES string of the molecule is CC(=O)Nc1ccc(S(=O)(=O)N(CCN2CCOCC2)C2CC(=O)N(c3ccc(Cl)cc3)C2=O)cc1. The van der Waals surface area contributed by atoms with E-state index in [0.717, 1.165) is 9.21 Å². The summed E-state index contributed by atoms with van der Waals surface area (Å²) in [5.74, 6) is -1.38. The monoisotopic (exact) mass is 534 g/mol. The summed E-state index contributed by atoms with van der Waals surface area (Å²) in [7, 11) is -4.16. The van der Waals surface area contributed by atoms with E-state index >= 15 is 0 Å². The Morgan fingerprint density at radius 2 is 1.72 bits per heavy atom. The van der Waals surface area contributed by atoms with Crippen LogP contribution in [0.25, 0.3) is 0 Å². The number of rotatable bonds is 8. The summed E-state index contributed by atoms with van der Waals surface area (Å²) in [6.45, 7) is 4.14. The molecule has 192 valence electrons. The van der Waals surface area contributed by atoms with Crippen LogP contribution in [0.1, 0.15) is 13.3 Å². The Morgan fingerprint density at radius 1 is 1.08 bits per heavy atom. The molecule has 0 bridgehead atoms. The van der Waals surface area contributed by atoms with E-state index in [1.165, 1.54) is 31.2 Å². The molecule has 2 aliphatic heterocycles. The fraction of sp³-hybridized carbons (Fsp3) is 0.375. The average molecular weight is 535 g/mol. The summed E-state index contributed by atoms with van der Waals surface area (Å²) >= 11 is 5.94. The first-order chi connectivity index (χ1) is 17.2. The molecule has 1 atom stereocenters. The number of nitrogens with one attached hydrogen (secondary N) is 1. The highest BCUT2D eigenvalue weighted by Gasteiger charge is 2.47. The first kappa shape index (κ1) is 26.2. The van der Waals surface area contributed by atoms with Gasteiger partial charge in [0.2, 0.25) is 21.8 Å². The molecule has 2 aliphatic rings. The molecule has 1 N–H and O–H groups in total. The fourth-order valence-electron chi connectivity index (χ4n) is 4.26. The number of ether oxygens (including phenoxy) is 1. The Kier molecular flexibility index (Phi) is 8.06. The Bertz CT molecular complexity index is 1230. The Morgan fingerprint density at radius 3 is 2.33 bits per heavy atom. The van der Waals surface area contributed by atoms with Crippen LogP contribution in [0.2, 0.25) is 5.02 Å². The van der Waals surface area contributed by atoms with Gasteiger partial charge in [0.25, 0.3) is 5.91 Å². The Labute approximate surface area is 214 Å². The molecule has 0 radical (unpaired) electrons. The third-order valence-corrected chi connectivity index (χ3v) is 8.25. The van der Waals surface area contributed by atoms with Crippen LogP contribution in [0.5, 0.6) is 0 Å². The summed E-state index contributed by atoms with van der Waals surface area (Å²) in [6, 6.07) is 10.8. The second-order valence-corrected chi connectivity index (χ2v) is 10.9. The van der Waals surface area contributed by atoms with E-state index in [0.29, 0.717) is 49.2 Å². The van der Waals surface area contributed by atoms with E-state index in [1.807, 2.05) is 0 Å². The molecule has 4 rings (SSSR count). The van der Waals surface area contributed by atoms with Crippen molar-refractivity contribution < 1.29 is 27.5 Å². The lowest BCUT2D eigenvalue weighted by molar-refractivity contribution is -0.122. The minimum Gasteiger partial charge on any atom is -0.379 e. The Balaban J connectivity index is 1.63. The molecule has 2 aromatic carbocycles. The van der Waals surface area contributed by atoms with Gasteiger partial charge in [-0.3, -0.25) is 19.3 Å². The number of anilines is 2. The lowest BCUT2D eigenvalue weighted by Crippen LogP contribution is -2.49. The predicted octanol–water partition coefficient (Wildman–Crippen LogP) is 1.95. The molecule has 2 aromatic rings. The molecule has 2 saturated heterocycles. The molecule has 36 heavy (non-hydrogen) atoms. The van der Waals surface area contributed by atoms with Crippen molar-refractivity contribution in [2.24, 2.45) is 0 Å². The molecule has 0 aliphatic carbocycles. The highest BCUT2D eigenvalue weighted by atomic mass is 35.5. The van der Waals surface area contributed by atoms with Crippen molar-refractivity contribution in [3.63, 3.8) is 0 Å². The summed E-state index contributed by atoms with van der Waals surface area (Å²) < 4.78 is 34.0. The van der Waals surface area contributed by atoms with E-state index in [2.05, 4.69) is 10.2 Å². The van der Waals surface area contributed by atoms with Gasteiger partial charge in [0.15, 0.2) is 0 Å². The molecule has 2 heterocycles. The highest BCUT2D eigenvalue weighted by Crippen LogP contribution is 2.30. The predicted molar refractivity (Wildman–Crippen MR) is 134 cm³/mol. The van der Waals surface area contributed by atoms with Gasteiger partial charge < -0.3 is 10.1 Å². The van der Waals surface area contributed by atoms with Crippen LogP contribution in [0.4, 0.5) is 11.4 Å². The van der Waals surface area contributed by atoms with E-state index in [9.17, 15) is 22.8 Å². The summed E-state index contributed by atoms with van der Waals surface area (Å²) in [5, 5.41) is 3.05. The number of halogens is 1. The second kappa shape index (κ2) is 11.1. The minimum atomic E-state index is -4.16. The van der Waals surface area contributed by atoms with Gasteiger partial charge in [0, 0.05) is 43.8 Å². The summed E-state index contributed by atoms with van der Waals surface area (Å²) in [5.41, 5.74) is 0.782. The zero-order valence-corrected chi connectivity index (χ0v) is 21.3. The third-order valence-electron chi connectivity index (χ3n) is 6.08. The molecule has 0 spiro atoms. The molecule has 0 aromatic heterocycles. The first-order valence-corrected chi connectivity index (χ1v) is 13.3. The number of imide groups is 1. The number of morpholine rings is 1. The lowest BCUT2D eigenvalue weighted by atomic mass is 10.2. The van der Waals surface area contributed by atoms with Crippen molar-refractivity contribution in [1.29, 1.82) is 0 Å². The second-order valence-electron chi connectivity index (χ2n) is 8.54. The number of benzene rings is 2. The third kappa shape index (κ3) is 5.76. The van der Waals surface area contributed by atoms with E-state index < -0.39 is 27.9 Å². The summed E-state index contributed by atoms with van der Waals surface area (Å²) in [6.07, 6.45) is -0.270. The van der Waals surface area contributed by atoms with Crippen LogP contribution in [-0.4, -0.2) is 80.8 Å². The minimum absolute atomic E-state index is 0.0218. The maximum atomic E-state index is 13.8. The smallest absolute Gasteiger partial charge is 0.252 e. The molecule has 3 amide bonds. The van der Waals surface area contributed by atoms with Crippen LogP contribution >= 0.6 is 11.6 Å². The number of carbonyl (C=O) groups excluding carboxylic acids is 3. The maximum absolute atomic E-state index is 13.8. The zero-order valence-electron chi connectivity index (χ0n) is 19.7. The number of nitrogens with zero attached hydrogens (tertiary/aromatic N) is 3. The van der Waals surface area contributed by atoms with Crippen LogP contribution in [0.3, 0.4) is 0 Å². The van der Waals surface area contributed by atoms with Crippen molar-refractivity contribution in [3.05, 3.63) is 53.6 Å². The van der Waals surface area contributed by atoms with Gasteiger partial charge in [-0.1, -0.05) is 11.6 Å². The van der Waals surface area contributed by atoms with E-state index in [-0.39, 0.29) is 23.8 Å².